The van der Waals surface area contributed by atoms with Gasteiger partial charge in [0.25, 0.3) is 0 Å². The summed E-state index contributed by atoms with van der Waals surface area (Å²) in [7, 11) is -1.92. The van der Waals surface area contributed by atoms with Crippen LogP contribution in [-0.4, -0.2) is 37.8 Å². The predicted octanol–water partition coefficient (Wildman–Crippen LogP) is 2.56. The summed E-state index contributed by atoms with van der Waals surface area (Å²) >= 11 is 7.74. The minimum atomic E-state index is -3.52. The molecular formula is C13H21ClN2O2S2. The summed E-state index contributed by atoms with van der Waals surface area (Å²) in [5.41, 5.74) is 6.27. The third-order valence-electron chi connectivity index (χ3n) is 3.28. The lowest BCUT2D eigenvalue weighted by Crippen LogP contribution is -2.35. The number of halogens is 1. The van der Waals surface area contributed by atoms with Crippen molar-refractivity contribution in [2.75, 3.05) is 19.1 Å². The van der Waals surface area contributed by atoms with Crippen LogP contribution in [0.3, 0.4) is 0 Å². The van der Waals surface area contributed by atoms with E-state index in [1.807, 2.05) is 13.2 Å². The molecule has 0 aromatic heterocycles. The number of nitrogens with zero attached hydrogens (tertiary/aromatic N) is 1. The fraction of sp³-hybridized carbons (Fsp3) is 0.538. The van der Waals surface area contributed by atoms with Gasteiger partial charge in [0, 0.05) is 24.7 Å². The molecule has 0 bridgehead atoms. The molecule has 0 aliphatic heterocycles. The van der Waals surface area contributed by atoms with E-state index in [4.69, 9.17) is 17.3 Å². The summed E-state index contributed by atoms with van der Waals surface area (Å²) in [6.07, 6.45) is 2.82. The van der Waals surface area contributed by atoms with Crippen molar-refractivity contribution in [2.24, 2.45) is 5.73 Å². The number of sulfonamides is 1. The first-order valence-electron chi connectivity index (χ1n) is 6.30. The first-order valence-corrected chi connectivity index (χ1v) is 9.51. The van der Waals surface area contributed by atoms with E-state index in [0.717, 1.165) is 17.7 Å². The van der Waals surface area contributed by atoms with Crippen molar-refractivity contribution >= 4 is 33.4 Å². The maximum atomic E-state index is 12.5. The molecule has 2 N–H and O–H groups in total. The molecule has 114 valence electrons. The van der Waals surface area contributed by atoms with Crippen molar-refractivity contribution in [3.8, 4) is 0 Å². The summed E-state index contributed by atoms with van der Waals surface area (Å²) in [6, 6.07) is 4.63. The highest BCUT2D eigenvalue weighted by atomic mass is 35.5. The van der Waals surface area contributed by atoms with Crippen LogP contribution in [0.25, 0.3) is 0 Å². The van der Waals surface area contributed by atoms with Crippen molar-refractivity contribution < 1.29 is 8.42 Å². The Bertz CT molecular complexity index is 549. The summed E-state index contributed by atoms with van der Waals surface area (Å²) in [5.74, 6) is 0.924. The number of benzene rings is 1. The topological polar surface area (TPSA) is 63.4 Å². The van der Waals surface area contributed by atoms with Gasteiger partial charge in [0.15, 0.2) is 0 Å². The first kappa shape index (κ1) is 17.8. The quantitative estimate of drug-likeness (QED) is 0.831. The van der Waals surface area contributed by atoms with Gasteiger partial charge in [0.1, 0.15) is 0 Å². The molecule has 0 saturated carbocycles. The first-order chi connectivity index (χ1) is 9.34. The Morgan fingerprint density at radius 2 is 2.10 bits per heavy atom. The van der Waals surface area contributed by atoms with E-state index in [0.29, 0.717) is 11.6 Å². The molecule has 0 aliphatic rings. The highest BCUT2D eigenvalue weighted by Crippen LogP contribution is 2.24. The highest BCUT2D eigenvalue weighted by Gasteiger charge is 2.25. The molecule has 1 aromatic carbocycles. The number of hydrogen-bond acceptors (Lipinski definition) is 4. The third kappa shape index (κ3) is 4.11. The van der Waals surface area contributed by atoms with Crippen LogP contribution in [0.4, 0.5) is 0 Å². The van der Waals surface area contributed by atoms with Gasteiger partial charge in [-0.1, -0.05) is 17.7 Å². The second-order valence-corrected chi connectivity index (χ2v) is 8.00. The van der Waals surface area contributed by atoms with Gasteiger partial charge >= 0.3 is 0 Å². The minimum Gasteiger partial charge on any atom is -0.326 e. The van der Waals surface area contributed by atoms with Crippen molar-refractivity contribution in [1.29, 1.82) is 0 Å². The molecule has 7 heteroatoms. The van der Waals surface area contributed by atoms with Gasteiger partial charge in [-0.15, -0.1) is 0 Å². The lowest BCUT2D eigenvalue weighted by atomic mass is 10.2. The van der Waals surface area contributed by atoms with E-state index in [1.54, 1.807) is 30.9 Å². The Hall–Kier alpha value is -0.270. The molecule has 0 fully saturated rings. The van der Waals surface area contributed by atoms with Crippen LogP contribution in [-0.2, 0) is 16.6 Å². The van der Waals surface area contributed by atoms with Crippen molar-refractivity contribution in [1.82, 2.24) is 4.31 Å². The molecule has 0 amide bonds. The van der Waals surface area contributed by atoms with Crippen LogP contribution < -0.4 is 5.73 Å². The number of nitrogens with two attached hydrogens (primary N) is 1. The Morgan fingerprint density at radius 3 is 2.60 bits per heavy atom. The standard InChI is InChI=1S/C13H21ClN2O2S2/c1-10(6-7-19-3)16(2)20(17,18)12-5-4-11(9-15)13(14)8-12/h4-5,8,10H,6-7,9,15H2,1-3H3. The summed E-state index contributed by atoms with van der Waals surface area (Å²) in [5, 5.41) is 0.388. The molecule has 0 saturated heterocycles. The number of thioether (sulfide) groups is 1. The smallest absolute Gasteiger partial charge is 0.243 e. The van der Waals surface area contributed by atoms with E-state index in [9.17, 15) is 8.42 Å². The maximum Gasteiger partial charge on any atom is 0.243 e. The second kappa shape index (κ2) is 7.66. The predicted molar refractivity (Wildman–Crippen MR) is 86.8 cm³/mol. The van der Waals surface area contributed by atoms with Crippen LogP contribution in [0.2, 0.25) is 5.02 Å². The molecule has 0 heterocycles. The van der Waals surface area contributed by atoms with Gasteiger partial charge in [0.05, 0.1) is 4.90 Å². The Balaban J connectivity index is 3.01. The molecule has 1 unspecified atom stereocenters. The third-order valence-corrected chi connectivity index (χ3v) is 6.25. The highest BCUT2D eigenvalue weighted by molar-refractivity contribution is 7.98. The molecule has 1 atom stereocenters. The lowest BCUT2D eigenvalue weighted by Gasteiger charge is -2.24. The normalized spacial score (nSPS) is 13.7. The van der Waals surface area contributed by atoms with E-state index in [2.05, 4.69) is 0 Å². The van der Waals surface area contributed by atoms with Gasteiger partial charge in [-0.3, -0.25) is 0 Å². The zero-order chi connectivity index (χ0) is 15.3. The summed E-state index contributed by atoms with van der Waals surface area (Å²) in [6.45, 7) is 2.20. The van der Waals surface area contributed by atoms with E-state index in [-0.39, 0.29) is 10.9 Å². The Labute approximate surface area is 130 Å². The average Bonchev–Trinajstić information content (AvgIpc) is 2.43. The monoisotopic (exact) mass is 336 g/mol. The van der Waals surface area contributed by atoms with Crippen LogP contribution in [0.1, 0.15) is 18.9 Å². The number of hydrogen-bond donors (Lipinski definition) is 1. The SMILES string of the molecule is CSCCC(C)N(C)S(=O)(=O)c1ccc(CN)c(Cl)c1. The van der Waals surface area contributed by atoms with Crippen molar-refractivity contribution in [3.05, 3.63) is 28.8 Å². The van der Waals surface area contributed by atoms with Crippen LogP contribution in [0.5, 0.6) is 0 Å². The van der Waals surface area contributed by atoms with Crippen molar-refractivity contribution in [2.45, 2.75) is 30.8 Å². The summed E-state index contributed by atoms with van der Waals surface area (Å²) < 4.78 is 26.4. The largest absolute Gasteiger partial charge is 0.326 e. The van der Waals surface area contributed by atoms with Gasteiger partial charge < -0.3 is 5.73 Å². The Morgan fingerprint density at radius 1 is 1.45 bits per heavy atom. The van der Waals surface area contributed by atoms with Crippen LogP contribution in [0.15, 0.2) is 23.1 Å². The van der Waals surface area contributed by atoms with Gasteiger partial charge in [-0.25, -0.2) is 8.42 Å². The lowest BCUT2D eigenvalue weighted by molar-refractivity contribution is 0.382. The zero-order valence-electron chi connectivity index (χ0n) is 12.0. The van der Waals surface area contributed by atoms with Crippen LogP contribution in [0, 0.1) is 0 Å². The molecule has 20 heavy (non-hydrogen) atoms. The fourth-order valence-electron chi connectivity index (χ4n) is 1.73. The van der Waals surface area contributed by atoms with Crippen LogP contribution >= 0.6 is 23.4 Å². The zero-order valence-corrected chi connectivity index (χ0v) is 14.4. The van der Waals surface area contributed by atoms with Crippen molar-refractivity contribution in [3.63, 3.8) is 0 Å². The van der Waals surface area contributed by atoms with Gasteiger partial charge in [-0.2, -0.15) is 16.1 Å². The van der Waals surface area contributed by atoms with E-state index in [1.165, 1.54) is 10.4 Å². The van der Waals surface area contributed by atoms with Gasteiger partial charge in [0.2, 0.25) is 10.0 Å². The molecule has 1 aromatic rings. The molecule has 4 nitrogen and oxygen atoms in total. The average molecular weight is 337 g/mol. The number of rotatable bonds is 7. The minimum absolute atomic E-state index is 0.0552. The van der Waals surface area contributed by atoms with E-state index >= 15 is 0 Å². The summed E-state index contributed by atoms with van der Waals surface area (Å²) in [4.78, 5) is 0.207. The fourth-order valence-corrected chi connectivity index (χ4v) is 4.05. The second-order valence-electron chi connectivity index (χ2n) is 4.61. The maximum absolute atomic E-state index is 12.5. The molecule has 1 rings (SSSR count). The molecular weight excluding hydrogens is 316 g/mol. The van der Waals surface area contributed by atoms with Gasteiger partial charge in [-0.05, 0) is 43.0 Å². The molecule has 0 spiro atoms. The Kier molecular flexibility index (Phi) is 6.81. The van der Waals surface area contributed by atoms with E-state index < -0.39 is 10.0 Å². The molecule has 0 radical (unpaired) electrons. The molecule has 0 aliphatic carbocycles.